The molecule has 25 heavy (non-hydrogen) atoms. The number of hydrogen-bond donors (Lipinski definition) is 0. The van der Waals surface area contributed by atoms with Gasteiger partial charge in [0.05, 0.1) is 5.75 Å². The molecule has 1 atom stereocenters. The summed E-state index contributed by atoms with van der Waals surface area (Å²) in [5, 5.41) is 0.177. The van der Waals surface area contributed by atoms with Crippen molar-refractivity contribution in [2.24, 2.45) is 0 Å². The summed E-state index contributed by atoms with van der Waals surface area (Å²) in [7, 11) is 6.28. The molecule has 5 nitrogen and oxygen atoms in total. The summed E-state index contributed by atoms with van der Waals surface area (Å²) in [6.07, 6.45) is 1.06. The molecule has 2 aliphatic rings. The van der Waals surface area contributed by atoms with Crippen LogP contribution in [0.3, 0.4) is 0 Å². The molecule has 1 aromatic carbocycles. The van der Waals surface area contributed by atoms with E-state index < -0.39 is 0 Å². The standard InChI is InChI=1S/C19H30N4OS/c1-20(2)17-7-5-16(6-8-17)19-23(18(24)15-25-19)10-4-9-22-13-11-21(3)12-14-22/h5-8,19H,4,9-15H2,1-3H3. The van der Waals surface area contributed by atoms with Crippen LogP contribution in [-0.2, 0) is 4.79 Å². The molecule has 0 aromatic heterocycles. The number of amides is 1. The van der Waals surface area contributed by atoms with Gasteiger partial charge < -0.3 is 19.6 Å². The summed E-state index contributed by atoms with van der Waals surface area (Å²) in [6.45, 7) is 6.55. The van der Waals surface area contributed by atoms with Crippen LogP contribution in [0.2, 0.25) is 0 Å². The molecule has 6 heteroatoms. The van der Waals surface area contributed by atoms with Crippen molar-refractivity contribution in [3.63, 3.8) is 0 Å². The van der Waals surface area contributed by atoms with Crippen LogP contribution in [-0.4, -0.2) is 86.8 Å². The normalized spacial score (nSPS) is 22.6. The van der Waals surface area contributed by atoms with E-state index in [4.69, 9.17) is 0 Å². The Morgan fingerprint density at radius 1 is 1.08 bits per heavy atom. The fourth-order valence-corrected chi connectivity index (χ4v) is 4.66. The highest BCUT2D eigenvalue weighted by Gasteiger charge is 2.32. The fraction of sp³-hybridized carbons (Fsp3) is 0.632. The van der Waals surface area contributed by atoms with Gasteiger partial charge in [-0.3, -0.25) is 4.79 Å². The van der Waals surface area contributed by atoms with E-state index in [0.29, 0.717) is 5.75 Å². The van der Waals surface area contributed by atoms with E-state index in [1.807, 2.05) is 14.1 Å². The molecule has 0 N–H and O–H groups in total. The maximum Gasteiger partial charge on any atom is 0.233 e. The highest BCUT2D eigenvalue weighted by atomic mass is 32.2. The quantitative estimate of drug-likeness (QED) is 0.772. The number of carbonyl (C=O) groups is 1. The zero-order chi connectivity index (χ0) is 17.8. The predicted molar refractivity (Wildman–Crippen MR) is 106 cm³/mol. The van der Waals surface area contributed by atoms with Crippen molar-refractivity contribution in [3.05, 3.63) is 29.8 Å². The van der Waals surface area contributed by atoms with Crippen molar-refractivity contribution in [1.29, 1.82) is 0 Å². The van der Waals surface area contributed by atoms with Gasteiger partial charge in [0.1, 0.15) is 5.37 Å². The second kappa shape index (κ2) is 8.43. The van der Waals surface area contributed by atoms with Gasteiger partial charge in [0.25, 0.3) is 0 Å². The van der Waals surface area contributed by atoms with Crippen molar-refractivity contribution in [3.8, 4) is 0 Å². The lowest BCUT2D eigenvalue weighted by molar-refractivity contribution is -0.128. The van der Waals surface area contributed by atoms with Crippen LogP contribution in [0.4, 0.5) is 5.69 Å². The minimum absolute atomic E-state index is 0.177. The minimum atomic E-state index is 0.177. The average molecular weight is 363 g/mol. The van der Waals surface area contributed by atoms with Crippen molar-refractivity contribution < 1.29 is 4.79 Å². The Labute approximate surface area is 155 Å². The minimum Gasteiger partial charge on any atom is -0.378 e. The fourth-order valence-electron chi connectivity index (χ4n) is 3.45. The third-order valence-corrected chi connectivity index (χ3v) is 6.39. The Kier molecular flexibility index (Phi) is 6.25. The summed E-state index contributed by atoms with van der Waals surface area (Å²) in [4.78, 5) is 21.4. The Morgan fingerprint density at radius 3 is 2.40 bits per heavy atom. The number of rotatable bonds is 6. The number of thioether (sulfide) groups is 1. The Morgan fingerprint density at radius 2 is 1.76 bits per heavy atom. The molecule has 138 valence electrons. The largest absolute Gasteiger partial charge is 0.378 e. The first kappa shape index (κ1) is 18.5. The first-order valence-corrected chi connectivity index (χ1v) is 10.2. The molecule has 2 heterocycles. The summed E-state index contributed by atoms with van der Waals surface area (Å²) in [5.41, 5.74) is 2.43. The zero-order valence-electron chi connectivity index (χ0n) is 15.6. The molecule has 2 fully saturated rings. The Bertz CT molecular complexity index is 569. The average Bonchev–Trinajstić information content (AvgIpc) is 2.98. The van der Waals surface area contributed by atoms with E-state index in [2.05, 4.69) is 50.9 Å². The second-order valence-electron chi connectivity index (χ2n) is 7.23. The molecule has 0 aliphatic carbocycles. The molecular weight excluding hydrogens is 332 g/mol. The van der Waals surface area contributed by atoms with Crippen LogP contribution in [0.15, 0.2) is 24.3 Å². The number of likely N-dealkylation sites (N-methyl/N-ethyl adjacent to an activating group) is 1. The van der Waals surface area contributed by atoms with Gasteiger partial charge in [-0.1, -0.05) is 12.1 Å². The second-order valence-corrected chi connectivity index (χ2v) is 8.30. The van der Waals surface area contributed by atoms with Crippen LogP contribution in [0, 0.1) is 0 Å². The lowest BCUT2D eigenvalue weighted by atomic mass is 10.1. The van der Waals surface area contributed by atoms with E-state index in [-0.39, 0.29) is 11.3 Å². The first-order valence-electron chi connectivity index (χ1n) is 9.14. The van der Waals surface area contributed by atoms with Crippen LogP contribution in [0.25, 0.3) is 0 Å². The summed E-state index contributed by atoms with van der Waals surface area (Å²) >= 11 is 1.75. The third-order valence-electron chi connectivity index (χ3n) is 5.13. The molecule has 0 bridgehead atoms. The van der Waals surface area contributed by atoms with Crippen LogP contribution in [0.5, 0.6) is 0 Å². The number of anilines is 1. The third kappa shape index (κ3) is 4.68. The zero-order valence-corrected chi connectivity index (χ0v) is 16.5. The topological polar surface area (TPSA) is 30.0 Å². The van der Waals surface area contributed by atoms with Crippen LogP contribution in [0.1, 0.15) is 17.4 Å². The summed E-state index contributed by atoms with van der Waals surface area (Å²) in [6, 6.07) is 8.61. The van der Waals surface area contributed by atoms with Gasteiger partial charge in [-0.05, 0) is 37.7 Å². The number of nitrogens with zero attached hydrogens (tertiary/aromatic N) is 4. The van der Waals surface area contributed by atoms with Crippen LogP contribution >= 0.6 is 11.8 Å². The lowest BCUT2D eigenvalue weighted by Gasteiger charge is -2.33. The van der Waals surface area contributed by atoms with E-state index in [1.165, 1.54) is 11.3 Å². The Hall–Kier alpha value is -1.24. The van der Waals surface area contributed by atoms with Crippen LogP contribution < -0.4 is 4.90 Å². The van der Waals surface area contributed by atoms with E-state index in [0.717, 1.165) is 45.7 Å². The van der Waals surface area contributed by atoms with E-state index in [1.54, 1.807) is 11.8 Å². The van der Waals surface area contributed by atoms with Gasteiger partial charge in [-0.15, -0.1) is 11.8 Å². The maximum absolute atomic E-state index is 12.3. The molecule has 1 aromatic rings. The van der Waals surface area contributed by atoms with Crippen molar-refractivity contribution in [2.45, 2.75) is 11.8 Å². The molecule has 0 spiro atoms. The van der Waals surface area contributed by atoms with Gasteiger partial charge >= 0.3 is 0 Å². The van der Waals surface area contributed by atoms with E-state index in [9.17, 15) is 4.79 Å². The molecule has 3 rings (SSSR count). The molecular formula is C19H30N4OS. The molecule has 1 amide bonds. The SMILES string of the molecule is CN1CCN(CCCN2C(=O)CSC2c2ccc(N(C)C)cc2)CC1. The van der Waals surface area contributed by atoms with Gasteiger partial charge in [0.15, 0.2) is 0 Å². The predicted octanol–water partition coefficient (Wildman–Crippen LogP) is 1.96. The molecule has 1 unspecified atom stereocenters. The highest BCUT2D eigenvalue weighted by molar-refractivity contribution is 8.00. The number of benzene rings is 1. The van der Waals surface area contributed by atoms with E-state index >= 15 is 0 Å². The highest BCUT2D eigenvalue weighted by Crippen LogP contribution is 2.39. The monoisotopic (exact) mass is 362 g/mol. The number of carbonyl (C=O) groups excluding carboxylic acids is 1. The molecule has 0 saturated carbocycles. The summed E-state index contributed by atoms with van der Waals surface area (Å²) in [5.74, 6) is 0.888. The smallest absolute Gasteiger partial charge is 0.233 e. The maximum atomic E-state index is 12.3. The Balaban J connectivity index is 1.54. The first-order chi connectivity index (χ1) is 12.0. The molecule has 2 saturated heterocycles. The van der Waals surface area contributed by atoms with Gasteiger partial charge in [-0.2, -0.15) is 0 Å². The van der Waals surface area contributed by atoms with Crippen molar-refractivity contribution in [1.82, 2.24) is 14.7 Å². The number of piperazine rings is 1. The summed E-state index contributed by atoms with van der Waals surface area (Å²) < 4.78 is 0. The molecule has 0 radical (unpaired) electrons. The van der Waals surface area contributed by atoms with Gasteiger partial charge in [-0.25, -0.2) is 0 Å². The molecule has 2 aliphatic heterocycles. The van der Waals surface area contributed by atoms with Crippen molar-refractivity contribution in [2.75, 3.05) is 71.1 Å². The van der Waals surface area contributed by atoms with Crippen molar-refractivity contribution >= 4 is 23.4 Å². The van der Waals surface area contributed by atoms with Gasteiger partial charge in [0, 0.05) is 52.5 Å². The lowest BCUT2D eigenvalue weighted by Crippen LogP contribution is -2.45. The van der Waals surface area contributed by atoms with Gasteiger partial charge in [0.2, 0.25) is 5.91 Å². The number of hydrogen-bond acceptors (Lipinski definition) is 5.